The lowest BCUT2D eigenvalue weighted by Gasteiger charge is -2.17. The molecule has 0 radical (unpaired) electrons. The maximum Gasteiger partial charge on any atom is 0.305 e. The Balaban J connectivity index is 1.51. The zero-order valence-electron chi connectivity index (χ0n) is 14.4. The van der Waals surface area contributed by atoms with E-state index in [-0.39, 0.29) is 5.97 Å². The quantitative estimate of drug-likeness (QED) is 0.517. The Hall–Kier alpha value is -1.58. The van der Waals surface area contributed by atoms with Crippen molar-refractivity contribution in [1.29, 1.82) is 0 Å². The van der Waals surface area contributed by atoms with Crippen LogP contribution < -0.4 is 5.32 Å². The van der Waals surface area contributed by atoms with Crippen molar-refractivity contribution in [3.05, 3.63) is 23.4 Å². The number of rotatable bonds is 10. The molecular weight excluding hydrogens is 288 g/mol. The number of aryl methyl sites for hydroxylation is 2. The van der Waals surface area contributed by atoms with Gasteiger partial charge in [0, 0.05) is 18.7 Å². The van der Waals surface area contributed by atoms with Crippen molar-refractivity contribution in [2.24, 2.45) is 0 Å². The predicted octanol–water partition coefficient (Wildman–Crippen LogP) is 4.28. The summed E-state index contributed by atoms with van der Waals surface area (Å²) in [6.07, 6.45) is 11.0. The van der Waals surface area contributed by atoms with E-state index in [2.05, 4.69) is 17.4 Å². The summed E-state index contributed by atoms with van der Waals surface area (Å²) in [5.41, 5.74) is 2.57. The van der Waals surface area contributed by atoms with Crippen molar-refractivity contribution in [1.82, 2.24) is 4.98 Å². The molecule has 0 saturated carbocycles. The van der Waals surface area contributed by atoms with Crippen LogP contribution in [0.1, 0.15) is 69.5 Å². The van der Waals surface area contributed by atoms with Crippen molar-refractivity contribution in [2.45, 2.75) is 71.1 Å². The maximum atomic E-state index is 11.2. The summed E-state index contributed by atoms with van der Waals surface area (Å²) in [6, 6.07) is 4.42. The number of hydrogen-bond acceptors (Lipinski definition) is 4. The van der Waals surface area contributed by atoms with Gasteiger partial charge in [-0.25, -0.2) is 4.98 Å². The van der Waals surface area contributed by atoms with E-state index in [1.807, 2.05) is 6.92 Å². The van der Waals surface area contributed by atoms with Gasteiger partial charge in [0.2, 0.25) is 0 Å². The Kier molecular flexibility index (Phi) is 7.91. The fraction of sp³-hybridized carbons (Fsp3) is 0.684. The van der Waals surface area contributed by atoms with Crippen molar-refractivity contribution in [3.8, 4) is 0 Å². The highest BCUT2D eigenvalue weighted by atomic mass is 16.5. The highest BCUT2D eigenvalue weighted by Gasteiger charge is 2.09. The highest BCUT2D eigenvalue weighted by molar-refractivity contribution is 5.69. The smallest absolute Gasteiger partial charge is 0.305 e. The first kappa shape index (κ1) is 17.8. The van der Waals surface area contributed by atoms with E-state index in [1.54, 1.807) is 0 Å². The molecule has 0 aliphatic carbocycles. The van der Waals surface area contributed by atoms with Crippen LogP contribution in [0.25, 0.3) is 0 Å². The number of carbonyl (C=O) groups excluding carboxylic acids is 1. The number of nitrogens with zero attached hydrogens (tertiary/aromatic N) is 1. The van der Waals surface area contributed by atoms with Crippen LogP contribution in [0.15, 0.2) is 12.1 Å². The minimum Gasteiger partial charge on any atom is -0.466 e. The highest BCUT2D eigenvalue weighted by Crippen LogP contribution is 2.20. The average molecular weight is 318 g/mol. The predicted molar refractivity (Wildman–Crippen MR) is 93.7 cm³/mol. The number of esters is 1. The van der Waals surface area contributed by atoms with Crippen molar-refractivity contribution < 1.29 is 9.53 Å². The molecule has 0 bridgehead atoms. The number of aromatic nitrogens is 1. The Morgan fingerprint density at radius 1 is 1.17 bits per heavy atom. The largest absolute Gasteiger partial charge is 0.466 e. The monoisotopic (exact) mass is 318 g/mol. The first-order valence-electron chi connectivity index (χ1n) is 9.18. The summed E-state index contributed by atoms with van der Waals surface area (Å²) < 4.78 is 4.92. The molecule has 4 nitrogen and oxygen atoms in total. The number of hydrogen-bond donors (Lipinski definition) is 1. The number of fused-ring (bicyclic) bond motifs is 1. The first-order valence-corrected chi connectivity index (χ1v) is 9.18. The molecule has 1 aliphatic heterocycles. The topological polar surface area (TPSA) is 51.2 Å². The molecule has 2 heterocycles. The van der Waals surface area contributed by atoms with Gasteiger partial charge in [0.05, 0.1) is 6.61 Å². The molecular formula is C19H30N2O2. The molecule has 1 aliphatic rings. The fourth-order valence-corrected chi connectivity index (χ4v) is 3.02. The second-order valence-corrected chi connectivity index (χ2v) is 6.27. The standard InChI is InChI=1S/C19H30N2O2/c1-2-23-18(22)12-8-6-4-3-5-7-11-17-14-13-16-10-9-15-20-19(16)21-17/h13-14H,2-12,15H2,1H3,(H,20,21). The Morgan fingerprint density at radius 2 is 1.96 bits per heavy atom. The molecule has 1 aromatic heterocycles. The number of ether oxygens (including phenoxy) is 1. The fourth-order valence-electron chi connectivity index (χ4n) is 3.02. The minimum atomic E-state index is -0.0559. The minimum absolute atomic E-state index is 0.0559. The van der Waals surface area contributed by atoms with E-state index in [0.29, 0.717) is 13.0 Å². The second kappa shape index (κ2) is 10.2. The lowest BCUT2D eigenvalue weighted by molar-refractivity contribution is -0.143. The van der Waals surface area contributed by atoms with Crippen LogP contribution in [0.4, 0.5) is 5.82 Å². The third-order valence-electron chi connectivity index (χ3n) is 4.32. The van der Waals surface area contributed by atoms with Crippen LogP contribution >= 0.6 is 0 Å². The third-order valence-corrected chi connectivity index (χ3v) is 4.32. The van der Waals surface area contributed by atoms with E-state index >= 15 is 0 Å². The lowest BCUT2D eigenvalue weighted by Crippen LogP contribution is -2.13. The van der Waals surface area contributed by atoms with Crippen LogP contribution in [0, 0.1) is 0 Å². The van der Waals surface area contributed by atoms with E-state index in [1.165, 1.54) is 43.4 Å². The van der Waals surface area contributed by atoms with E-state index in [4.69, 9.17) is 9.72 Å². The van der Waals surface area contributed by atoms with Gasteiger partial charge >= 0.3 is 5.97 Å². The zero-order chi connectivity index (χ0) is 16.3. The summed E-state index contributed by atoms with van der Waals surface area (Å²) in [5.74, 6) is 1.05. The molecule has 23 heavy (non-hydrogen) atoms. The van der Waals surface area contributed by atoms with Gasteiger partial charge in [-0.2, -0.15) is 0 Å². The zero-order valence-corrected chi connectivity index (χ0v) is 14.4. The Bertz CT molecular complexity index is 488. The van der Waals surface area contributed by atoms with Gasteiger partial charge in [-0.1, -0.05) is 31.7 Å². The second-order valence-electron chi connectivity index (χ2n) is 6.27. The van der Waals surface area contributed by atoms with Gasteiger partial charge in [0.25, 0.3) is 0 Å². The molecule has 1 N–H and O–H groups in total. The summed E-state index contributed by atoms with van der Waals surface area (Å²) >= 11 is 0. The molecule has 1 aromatic rings. The lowest BCUT2D eigenvalue weighted by atomic mass is 10.0. The molecule has 128 valence electrons. The van der Waals surface area contributed by atoms with E-state index in [9.17, 15) is 4.79 Å². The van der Waals surface area contributed by atoms with Gasteiger partial charge in [0.15, 0.2) is 0 Å². The molecule has 0 atom stereocenters. The van der Waals surface area contributed by atoms with Crippen LogP contribution in [0.5, 0.6) is 0 Å². The average Bonchev–Trinajstić information content (AvgIpc) is 2.57. The Morgan fingerprint density at radius 3 is 2.78 bits per heavy atom. The molecule has 0 unspecified atom stereocenters. The number of unbranched alkanes of at least 4 members (excludes halogenated alkanes) is 5. The summed E-state index contributed by atoms with van der Waals surface area (Å²) in [6.45, 7) is 3.39. The van der Waals surface area contributed by atoms with Gasteiger partial charge in [-0.15, -0.1) is 0 Å². The molecule has 0 fully saturated rings. The van der Waals surface area contributed by atoms with Crippen LogP contribution in [-0.4, -0.2) is 24.1 Å². The maximum absolute atomic E-state index is 11.2. The van der Waals surface area contributed by atoms with Crippen molar-refractivity contribution in [3.63, 3.8) is 0 Å². The van der Waals surface area contributed by atoms with Gasteiger partial charge in [0.1, 0.15) is 5.82 Å². The first-order chi connectivity index (χ1) is 11.3. The summed E-state index contributed by atoms with van der Waals surface area (Å²) in [7, 11) is 0. The number of anilines is 1. The molecule has 0 amide bonds. The van der Waals surface area contributed by atoms with Gasteiger partial charge < -0.3 is 10.1 Å². The third kappa shape index (κ3) is 6.59. The molecule has 4 heteroatoms. The van der Waals surface area contributed by atoms with Crippen LogP contribution in [-0.2, 0) is 22.4 Å². The number of carbonyl (C=O) groups is 1. The van der Waals surface area contributed by atoms with Crippen molar-refractivity contribution >= 4 is 11.8 Å². The van der Waals surface area contributed by atoms with Crippen molar-refractivity contribution in [2.75, 3.05) is 18.5 Å². The molecule has 0 saturated heterocycles. The summed E-state index contributed by atoms with van der Waals surface area (Å²) in [4.78, 5) is 15.9. The van der Waals surface area contributed by atoms with E-state index < -0.39 is 0 Å². The van der Waals surface area contributed by atoms with Gasteiger partial charge in [-0.3, -0.25) is 4.79 Å². The SMILES string of the molecule is CCOC(=O)CCCCCCCCc1ccc2c(n1)NCCC2. The number of pyridine rings is 1. The van der Waals surface area contributed by atoms with Crippen LogP contribution in [0.3, 0.4) is 0 Å². The number of nitrogens with one attached hydrogen (secondary N) is 1. The summed E-state index contributed by atoms with van der Waals surface area (Å²) in [5, 5.41) is 3.40. The Labute approximate surface area is 140 Å². The van der Waals surface area contributed by atoms with E-state index in [0.717, 1.165) is 38.0 Å². The normalized spacial score (nSPS) is 13.3. The van der Waals surface area contributed by atoms with Gasteiger partial charge in [-0.05, 0) is 50.7 Å². The molecule has 0 aromatic carbocycles. The van der Waals surface area contributed by atoms with Crippen LogP contribution in [0.2, 0.25) is 0 Å². The molecule has 0 spiro atoms. The molecule has 2 rings (SSSR count).